The third-order valence-electron chi connectivity index (χ3n) is 3.43. The molecule has 0 bridgehead atoms. The van der Waals surface area contributed by atoms with Gasteiger partial charge >= 0.3 is 0 Å². The fourth-order valence-electron chi connectivity index (χ4n) is 2.06. The van der Waals surface area contributed by atoms with E-state index >= 15 is 0 Å². The normalized spacial score (nSPS) is 18.0. The van der Waals surface area contributed by atoms with Gasteiger partial charge in [-0.05, 0) is 38.0 Å². The van der Waals surface area contributed by atoms with Crippen LogP contribution >= 0.6 is 11.6 Å². The highest BCUT2D eigenvalue weighted by Crippen LogP contribution is 2.13. The van der Waals surface area contributed by atoms with Gasteiger partial charge in [-0.25, -0.2) is 10.9 Å². The molecule has 116 valence electrons. The van der Waals surface area contributed by atoms with Gasteiger partial charge in [0.2, 0.25) is 11.8 Å². The van der Waals surface area contributed by atoms with Crippen molar-refractivity contribution in [1.82, 2.24) is 10.9 Å². The van der Waals surface area contributed by atoms with Crippen LogP contribution < -0.4 is 10.9 Å². The monoisotopic (exact) mass is 320 g/mol. The highest BCUT2D eigenvalue weighted by atomic mass is 35.5. The van der Waals surface area contributed by atoms with E-state index < -0.39 is 0 Å². The van der Waals surface area contributed by atoms with Crippen LogP contribution in [0.3, 0.4) is 0 Å². The summed E-state index contributed by atoms with van der Waals surface area (Å²) in [4.78, 5) is 23.3. The number of benzene rings is 1. The van der Waals surface area contributed by atoms with Crippen molar-refractivity contribution < 1.29 is 9.59 Å². The van der Waals surface area contributed by atoms with Gasteiger partial charge in [0.25, 0.3) is 0 Å². The zero-order valence-corrected chi connectivity index (χ0v) is 13.1. The number of amides is 2. The van der Waals surface area contributed by atoms with Gasteiger partial charge in [0.15, 0.2) is 0 Å². The Hall–Kier alpha value is -2.21. The molecule has 6 nitrogen and oxygen atoms in total. The van der Waals surface area contributed by atoms with Gasteiger partial charge in [-0.15, -0.1) is 0 Å². The molecule has 0 spiro atoms. The summed E-state index contributed by atoms with van der Waals surface area (Å²) in [6.45, 7) is 3.56. The van der Waals surface area contributed by atoms with Gasteiger partial charge in [0.1, 0.15) is 0 Å². The maximum atomic E-state index is 11.8. The summed E-state index contributed by atoms with van der Waals surface area (Å²) >= 11 is 5.82. The number of nitrogens with one attached hydrogen (secondary N) is 2. The van der Waals surface area contributed by atoms with E-state index in [-0.39, 0.29) is 24.2 Å². The van der Waals surface area contributed by atoms with Gasteiger partial charge in [-0.1, -0.05) is 23.7 Å². The number of carbonyl (C=O) groups is 2. The van der Waals surface area contributed by atoms with E-state index in [9.17, 15) is 9.59 Å². The predicted molar refractivity (Wildman–Crippen MR) is 85.8 cm³/mol. The maximum Gasteiger partial charge on any atom is 0.248 e. The Bertz CT molecular complexity index is 637. The molecule has 1 atom stereocenters. The molecule has 0 saturated carbocycles. The summed E-state index contributed by atoms with van der Waals surface area (Å²) in [6, 6.07) is 7.18. The molecule has 1 unspecified atom stereocenters. The van der Waals surface area contributed by atoms with Crippen molar-refractivity contribution in [2.24, 2.45) is 16.1 Å². The van der Waals surface area contributed by atoms with Gasteiger partial charge in [0.05, 0.1) is 11.6 Å². The molecular weight excluding hydrogens is 304 g/mol. The van der Waals surface area contributed by atoms with Crippen LogP contribution in [0.1, 0.15) is 32.3 Å². The minimum Gasteiger partial charge on any atom is -0.273 e. The predicted octanol–water partition coefficient (Wildman–Crippen LogP) is 2.08. The van der Waals surface area contributed by atoms with E-state index in [1.54, 1.807) is 26.0 Å². The minimum absolute atomic E-state index is 0.161. The fraction of sp³-hybridized carbons (Fsp3) is 0.333. The van der Waals surface area contributed by atoms with Crippen LogP contribution in [0.4, 0.5) is 0 Å². The molecule has 1 aromatic rings. The van der Waals surface area contributed by atoms with Gasteiger partial charge in [-0.2, -0.15) is 10.2 Å². The number of hydrogen-bond acceptors (Lipinski definition) is 4. The molecule has 0 aliphatic carbocycles. The SMILES string of the molecule is CC1=NNC(=O)C1CCC(=O)N/N=C(\C)c1ccc(Cl)cc1. The Morgan fingerprint density at radius 2 is 2.09 bits per heavy atom. The lowest BCUT2D eigenvalue weighted by Crippen LogP contribution is -2.25. The second-order valence-electron chi connectivity index (χ2n) is 5.06. The third-order valence-corrected chi connectivity index (χ3v) is 3.69. The van der Waals surface area contributed by atoms with E-state index in [1.165, 1.54) is 0 Å². The molecule has 1 heterocycles. The molecule has 1 aliphatic rings. The highest BCUT2D eigenvalue weighted by molar-refractivity contribution is 6.30. The first kappa shape index (κ1) is 16.2. The van der Waals surface area contributed by atoms with Gasteiger partial charge in [-0.3, -0.25) is 9.59 Å². The lowest BCUT2D eigenvalue weighted by molar-refractivity contribution is -0.123. The molecule has 0 radical (unpaired) electrons. The van der Waals surface area contributed by atoms with Crippen LogP contribution in [0.2, 0.25) is 5.02 Å². The Kier molecular flexibility index (Phi) is 5.27. The topological polar surface area (TPSA) is 82.9 Å². The van der Waals surface area contributed by atoms with Crippen molar-refractivity contribution in [3.8, 4) is 0 Å². The number of hydrazone groups is 2. The molecule has 0 saturated heterocycles. The Morgan fingerprint density at radius 3 is 2.68 bits per heavy atom. The molecule has 2 amide bonds. The maximum absolute atomic E-state index is 11.8. The van der Waals surface area contributed by atoms with Crippen LogP contribution in [0.15, 0.2) is 34.5 Å². The summed E-state index contributed by atoms with van der Waals surface area (Å²) in [6.07, 6.45) is 0.630. The fourth-order valence-corrected chi connectivity index (χ4v) is 2.19. The van der Waals surface area contributed by atoms with Crippen LogP contribution in [0, 0.1) is 5.92 Å². The lowest BCUT2D eigenvalue weighted by Gasteiger charge is -2.07. The quantitative estimate of drug-likeness (QED) is 0.643. The Labute approximate surface area is 133 Å². The zero-order valence-electron chi connectivity index (χ0n) is 12.4. The van der Waals surface area contributed by atoms with Crippen molar-refractivity contribution in [3.63, 3.8) is 0 Å². The van der Waals surface area contributed by atoms with E-state index in [4.69, 9.17) is 11.6 Å². The summed E-state index contributed by atoms with van der Waals surface area (Å²) in [5.74, 6) is -0.723. The number of hydrogen-bond donors (Lipinski definition) is 2. The van der Waals surface area contributed by atoms with Crippen molar-refractivity contribution in [2.75, 3.05) is 0 Å². The first-order valence-electron chi connectivity index (χ1n) is 6.90. The number of rotatable bonds is 5. The molecular formula is C15H17ClN4O2. The number of nitrogens with zero attached hydrogens (tertiary/aromatic N) is 2. The van der Waals surface area contributed by atoms with E-state index in [1.807, 2.05) is 12.1 Å². The largest absolute Gasteiger partial charge is 0.273 e. The van der Waals surface area contributed by atoms with Crippen LogP contribution in [0.25, 0.3) is 0 Å². The summed E-state index contributed by atoms with van der Waals surface area (Å²) < 4.78 is 0. The van der Waals surface area contributed by atoms with Crippen molar-refractivity contribution in [1.29, 1.82) is 0 Å². The zero-order chi connectivity index (χ0) is 16.1. The number of halogens is 1. The second kappa shape index (κ2) is 7.17. The Morgan fingerprint density at radius 1 is 1.41 bits per heavy atom. The highest BCUT2D eigenvalue weighted by Gasteiger charge is 2.26. The van der Waals surface area contributed by atoms with E-state index in [0.717, 1.165) is 5.56 Å². The van der Waals surface area contributed by atoms with Gasteiger partial charge in [0, 0.05) is 17.2 Å². The molecule has 1 aliphatic heterocycles. The standard InChI is InChI=1S/C15H17ClN4O2/c1-9(11-3-5-12(16)6-4-11)17-19-14(21)8-7-13-10(2)18-20-15(13)22/h3-6,13H,7-8H2,1-2H3,(H,19,21)(H,20,22)/b17-9+. The molecule has 2 rings (SSSR count). The molecule has 7 heteroatoms. The van der Waals surface area contributed by atoms with Crippen molar-refractivity contribution >= 4 is 34.8 Å². The first-order valence-corrected chi connectivity index (χ1v) is 7.28. The molecule has 0 fully saturated rings. The smallest absolute Gasteiger partial charge is 0.248 e. The Balaban J connectivity index is 1.84. The van der Waals surface area contributed by atoms with Crippen molar-refractivity contribution in [2.45, 2.75) is 26.7 Å². The minimum atomic E-state index is -0.327. The van der Waals surface area contributed by atoms with Crippen LogP contribution in [-0.4, -0.2) is 23.2 Å². The summed E-state index contributed by atoms with van der Waals surface area (Å²) in [7, 11) is 0. The van der Waals surface area contributed by atoms with Gasteiger partial charge < -0.3 is 0 Å². The first-order chi connectivity index (χ1) is 10.5. The van der Waals surface area contributed by atoms with Crippen molar-refractivity contribution in [3.05, 3.63) is 34.9 Å². The third kappa shape index (κ3) is 4.14. The van der Waals surface area contributed by atoms with E-state index in [0.29, 0.717) is 22.9 Å². The molecule has 2 N–H and O–H groups in total. The molecule has 0 aromatic heterocycles. The second-order valence-corrected chi connectivity index (χ2v) is 5.50. The van der Waals surface area contributed by atoms with E-state index in [2.05, 4.69) is 21.1 Å². The lowest BCUT2D eigenvalue weighted by atomic mass is 9.99. The average Bonchev–Trinajstić information content (AvgIpc) is 2.82. The van der Waals surface area contributed by atoms with Crippen LogP contribution in [-0.2, 0) is 9.59 Å². The molecule has 22 heavy (non-hydrogen) atoms. The molecule has 1 aromatic carbocycles. The average molecular weight is 321 g/mol. The summed E-state index contributed by atoms with van der Waals surface area (Å²) in [5, 5.41) is 8.54. The van der Waals surface area contributed by atoms with Crippen LogP contribution in [0.5, 0.6) is 0 Å². The number of carbonyl (C=O) groups excluding carboxylic acids is 2. The summed E-state index contributed by atoms with van der Waals surface area (Å²) in [5.41, 5.74) is 7.16.